The first kappa shape index (κ1) is 11.0. The molecule has 2 N–H and O–H groups in total. The fourth-order valence-corrected chi connectivity index (χ4v) is 1.50. The summed E-state index contributed by atoms with van der Waals surface area (Å²) in [6, 6.07) is 0.351. The van der Waals surface area contributed by atoms with E-state index in [0.717, 1.165) is 6.42 Å². The molecular formula is C9H18ClN. The lowest BCUT2D eigenvalue weighted by Gasteiger charge is -2.13. The molecule has 0 saturated heterocycles. The molecule has 0 saturated carbocycles. The van der Waals surface area contributed by atoms with E-state index in [-0.39, 0.29) is 12.4 Å². The standard InChI is InChI=1S/C9H17N.ClH/c1-8(10)7-9-5-3-2-4-6-9;/h5,8H,2-4,6-7,10H2,1H3;1H. The van der Waals surface area contributed by atoms with E-state index in [9.17, 15) is 0 Å². The second-order valence-electron chi connectivity index (χ2n) is 3.29. The van der Waals surface area contributed by atoms with Crippen LogP contribution in [-0.4, -0.2) is 6.04 Å². The van der Waals surface area contributed by atoms with Gasteiger partial charge in [-0.05, 0) is 39.0 Å². The molecule has 1 nitrogen and oxygen atoms in total. The van der Waals surface area contributed by atoms with Crippen LogP contribution in [0.15, 0.2) is 11.6 Å². The molecule has 0 amide bonds. The monoisotopic (exact) mass is 175 g/mol. The highest BCUT2D eigenvalue weighted by atomic mass is 35.5. The molecule has 0 aromatic carbocycles. The highest BCUT2D eigenvalue weighted by Gasteiger charge is 2.04. The van der Waals surface area contributed by atoms with Crippen LogP contribution >= 0.6 is 12.4 Å². The van der Waals surface area contributed by atoms with Crippen molar-refractivity contribution >= 4 is 12.4 Å². The molecule has 0 aromatic rings. The molecule has 2 heteroatoms. The van der Waals surface area contributed by atoms with Crippen LogP contribution in [-0.2, 0) is 0 Å². The summed E-state index contributed by atoms with van der Waals surface area (Å²) in [6.45, 7) is 2.08. The van der Waals surface area contributed by atoms with Gasteiger partial charge in [0.05, 0.1) is 0 Å². The molecule has 1 aliphatic carbocycles. The van der Waals surface area contributed by atoms with Gasteiger partial charge in [-0.15, -0.1) is 12.4 Å². The number of halogens is 1. The number of hydrogen-bond donors (Lipinski definition) is 1. The Labute approximate surface area is 75.5 Å². The third-order valence-electron chi connectivity index (χ3n) is 1.97. The highest BCUT2D eigenvalue weighted by molar-refractivity contribution is 5.85. The molecule has 1 rings (SSSR count). The van der Waals surface area contributed by atoms with Crippen molar-refractivity contribution in [2.45, 2.75) is 45.1 Å². The lowest BCUT2D eigenvalue weighted by molar-refractivity contribution is 0.635. The van der Waals surface area contributed by atoms with Gasteiger partial charge in [0.15, 0.2) is 0 Å². The summed E-state index contributed by atoms with van der Waals surface area (Å²) >= 11 is 0. The minimum atomic E-state index is 0. The largest absolute Gasteiger partial charge is 0.328 e. The van der Waals surface area contributed by atoms with Gasteiger partial charge in [-0.1, -0.05) is 11.6 Å². The molecule has 1 unspecified atom stereocenters. The van der Waals surface area contributed by atoms with Gasteiger partial charge >= 0.3 is 0 Å². The van der Waals surface area contributed by atoms with Crippen molar-refractivity contribution < 1.29 is 0 Å². The van der Waals surface area contributed by atoms with E-state index in [1.807, 2.05) is 0 Å². The van der Waals surface area contributed by atoms with Gasteiger partial charge in [-0.3, -0.25) is 0 Å². The van der Waals surface area contributed by atoms with Gasteiger partial charge in [-0.2, -0.15) is 0 Å². The molecule has 0 aromatic heterocycles. The summed E-state index contributed by atoms with van der Waals surface area (Å²) < 4.78 is 0. The van der Waals surface area contributed by atoms with Gasteiger partial charge in [-0.25, -0.2) is 0 Å². The predicted octanol–water partition coefficient (Wildman–Crippen LogP) is 2.65. The number of allylic oxidation sites excluding steroid dienone is 1. The summed E-state index contributed by atoms with van der Waals surface area (Å²) in [6.07, 6.45) is 8.80. The van der Waals surface area contributed by atoms with Gasteiger partial charge in [0.1, 0.15) is 0 Å². The summed E-state index contributed by atoms with van der Waals surface area (Å²) in [5.41, 5.74) is 7.27. The zero-order valence-corrected chi connectivity index (χ0v) is 7.99. The van der Waals surface area contributed by atoms with E-state index < -0.39 is 0 Å². The quantitative estimate of drug-likeness (QED) is 0.642. The van der Waals surface area contributed by atoms with Crippen molar-refractivity contribution in [1.82, 2.24) is 0 Å². The van der Waals surface area contributed by atoms with E-state index in [4.69, 9.17) is 5.73 Å². The van der Waals surface area contributed by atoms with Crippen LogP contribution in [0.5, 0.6) is 0 Å². The maximum atomic E-state index is 5.68. The van der Waals surface area contributed by atoms with Crippen molar-refractivity contribution in [3.8, 4) is 0 Å². The third-order valence-corrected chi connectivity index (χ3v) is 1.97. The summed E-state index contributed by atoms with van der Waals surface area (Å²) in [7, 11) is 0. The topological polar surface area (TPSA) is 26.0 Å². The van der Waals surface area contributed by atoms with Crippen LogP contribution in [0.1, 0.15) is 39.0 Å². The van der Waals surface area contributed by atoms with Gasteiger partial charge in [0, 0.05) is 6.04 Å². The molecule has 0 heterocycles. The number of rotatable bonds is 2. The Morgan fingerprint density at radius 1 is 1.55 bits per heavy atom. The van der Waals surface area contributed by atoms with Gasteiger partial charge in [0.25, 0.3) is 0 Å². The molecule has 0 fully saturated rings. The molecule has 11 heavy (non-hydrogen) atoms. The first-order valence-corrected chi connectivity index (χ1v) is 4.22. The second kappa shape index (κ2) is 5.62. The average molecular weight is 176 g/mol. The van der Waals surface area contributed by atoms with Crippen LogP contribution in [0.2, 0.25) is 0 Å². The van der Waals surface area contributed by atoms with E-state index in [2.05, 4.69) is 13.0 Å². The molecule has 1 atom stereocenters. The van der Waals surface area contributed by atoms with Crippen molar-refractivity contribution in [3.63, 3.8) is 0 Å². The first-order chi connectivity index (χ1) is 4.79. The molecule has 0 bridgehead atoms. The Bertz CT molecular complexity index is 130. The minimum Gasteiger partial charge on any atom is -0.328 e. The van der Waals surface area contributed by atoms with Crippen molar-refractivity contribution in [3.05, 3.63) is 11.6 Å². The van der Waals surface area contributed by atoms with E-state index >= 15 is 0 Å². The Balaban J connectivity index is 0.000001000. The maximum Gasteiger partial charge on any atom is 0.00476 e. The highest BCUT2D eigenvalue weighted by Crippen LogP contribution is 2.20. The molecule has 0 spiro atoms. The van der Waals surface area contributed by atoms with Crippen molar-refractivity contribution in [2.75, 3.05) is 0 Å². The Hall–Kier alpha value is -0.0100. The van der Waals surface area contributed by atoms with E-state index in [1.54, 1.807) is 5.57 Å². The van der Waals surface area contributed by atoms with E-state index in [0.29, 0.717) is 6.04 Å². The number of hydrogen-bond acceptors (Lipinski definition) is 1. The maximum absolute atomic E-state index is 5.68. The lowest BCUT2D eigenvalue weighted by Crippen LogP contribution is -2.15. The van der Waals surface area contributed by atoms with Crippen LogP contribution in [0, 0.1) is 0 Å². The minimum absolute atomic E-state index is 0. The third kappa shape index (κ3) is 4.44. The average Bonchev–Trinajstić information content (AvgIpc) is 1.88. The molecule has 0 radical (unpaired) electrons. The Morgan fingerprint density at radius 3 is 2.73 bits per heavy atom. The SMILES string of the molecule is CC(N)CC1=CCCCC1.Cl. The Morgan fingerprint density at radius 2 is 2.27 bits per heavy atom. The van der Waals surface area contributed by atoms with Crippen LogP contribution < -0.4 is 5.73 Å². The summed E-state index contributed by atoms with van der Waals surface area (Å²) in [4.78, 5) is 0. The zero-order valence-electron chi connectivity index (χ0n) is 7.18. The summed E-state index contributed by atoms with van der Waals surface area (Å²) in [5, 5.41) is 0. The van der Waals surface area contributed by atoms with Crippen molar-refractivity contribution in [1.29, 1.82) is 0 Å². The fraction of sp³-hybridized carbons (Fsp3) is 0.778. The normalized spacial score (nSPS) is 20.0. The van der Waals surface area contributed by atoms with E-state index in [1.165, 1.54) is 25.7 Å². The van der Waals surface area contributed by atoms with Crippen LogP contribution in [0.4, 0.5) is 0 Å². The Kier molecular flexibility index (Phi) is 5.61. The fourth-order valence-electron chi connectivity index (χ4n) is 1.50. The molecule has 1 aliphatic rings. The summed E-state index contributed by atoms with van der Waals surface area (Å²) in [5.74, 6) is 0. The first-order valence-electron chi connectivity index (χ1n) is 4.22. The van der Waals surface area contributed by atoms with Gasteiger partial charge < -0.3 is 5.73 Å². The van der Waals surface area contributed by atoms with Crippen LogP contribution in [0.25, 0.3) is 0 Å². The molecule has 0 aliphatic heterocycles. The smallest absolute Gasteiger partial charge is 0.00476 e. The lowest BCUT2D eigenvalue weighted by atomic mass is 9.95. The second-order valence-corrected chi connectivity index (χ2v) is 3.29. The number of nitrogens with two attached hydrogens (primary N) is 1. The van der Waals surface area contributed by atoms with Crippen LogP contribution in [0.3, 0.4) is 0 Å². The van der Waals surface area contributed by atoms with Gasteiger partial charge in [0.2, 0.25) is 0 Å². The zero-order chi connectivity index (χ0) is 7.40. The predicted molar refractivity (Wildman–Crippen MR) is 52.1 cm³/mol. The molecular weight excluding hydrogens is 158 g/mol. The molecule has 66 valence electrons. The van der Waals surface area contributed by atoms with Crippen molar-refractivity contribution in [2.24, 2.45) is 5.73 Å².